The molecule has 2 amide bonds. The molecule has 8 heteroatoms. The molecule has 1 heterocycles. The lowest BCUT2D eigenvalue weighted by molar-refractivity contribution is 0.0959. The van der Waals surface area contributed by atoms with Crippen molar-refractivity contribution >= 4 is 27.3 Å². The van der Waals surface area contributed by atoms with Gasteiger partial charge in [-0.15, -0.1) is 6.58 Å². The van der Waals surface area contributed by atoms with Crippen LogP contribution in [0.3, 0.4) is 0 Å². The summed E-state index contributed by atoms with van der Waals surface area (Å²) >= 11 is 0. The summed E-state index contributed by atoms with van der Waals surface area (Å²) in [5, 5.41) is 5.27. The second-order valence-corrected chi connectivity index (χ2v) is 8.33. The molecule has 2 aromatic carbocycles. The first kappa shape index (κ1) is 21.1. The van der Waals surface area contributed by atoms with Crippen molar-refractivity contribution in [3.05, 3.63) is 96.5 Å². The van der Waals surface area contributed by atoms with Crippen LogP contribution in [0.4, 0.5) is 5.69 Å². The van der Waals surface area contributed by atoms with Gasteiger partial charge in [0.2, 0.25) is 0 Å². The molecule has 1 aromatic heterocycles. The highest BCUT2D eigenvalue weighted by Crippen LogP contribution is 2.20. The molecule has 0 radical (unpaired) electrons. The van der Waals surface area contributed by atoms with Crippen LogP contribution in [0.25, 0.3) is 0 Å². The number of benzene rings is 2. The molecule has 3 rings (SSSR count). The summed E-state index contributed by atoms with van der Waals surface area (Å²) in [4.78, 5) is 25.0. The van der Waals surface area contributed by atoms with Crippen LogP contribution in [0.1, 0.15) is 26.7 Å². The Morgan fingerprint density at radius 2 is 1.63 bits per heavy atom. The molecule has 0 atom stereocenters. The average Bonchev–Trinajstić information content (AvgIpc) is 3.21. The first-order valence-corrected chi connectivity index (χ1v) is 10.7. The summed E-state index contributed by atoms with van der Waals surface area (Å²) < 4.78 is 30.4. The fourth-order valence-electron chi connectivity index (χ4n) is 2.71. The van der Waals surface area contributed by atoms with E-state index in [-0.39, 0.29) is 33.6 Å². The van der Waals surface area contributed by atoms with Gasteiger partial charge in [0.05, 0.1) is 16.1 Å². The molecule has 0 bridgehead atoms. The summed E-state index contributed by atoms with van der Waals surface area (Å²) in [5.41, 5.74) is 0.588. The largest absolute Gasteiger partial charge is 0.455 e. The van der Waals surface area contributed by atoms with Gasteiger partial charge >= 0.3 is 0 Å². The Labute approximate surface area is 174 Å². The van der Waals surface area contributed by atoms with Crippen LogP contribution in [0.5, 0.6) is 0 Å². The molecule has 0 saturated heterocycles. The third-order valence-electron chi connectivity index (χ3n) is 4.15. The Hall–Kier alpha value is -3.65. The zero-order valence-electron chi connectivity index (χ0n) is 16.0. The molecule has 30 heavy (non-hydrogen) atoms. The lowest BCUT2D eigenvalue weighted by Crippen LogP contribution is -2.25. The minimum absolute atomic E-state index is 0.0606. The molecule has 0 spiro atoms. The number of hydrogen-bond donors (Lipinski definition) is 2. The molecule has 0 aliphatic rings. The quantitative estimate of drug-likeness (QED) is 0.539. The zero-order valence-corrected chi connectivity index (χ0v) is 16.8. The van der Waals surface area contributed by atoms with Crippen LogP contribution < -0.4 is 10.6 Å². The molecule has 0 fully saturated rings. The number of anilines is 1. The molecule has 0 unspecified atom stereocenters. The number of para-hydroxylation sites is 1. The maximum atomic E-state index is 12.5. The Bertz CT molecular complexity index is 1170. The maximum absolute atomic E-state index is 12.5. The van der Waals surface area contributed by atoms with Crippen molar-refractivity contribution < 1.29 is 22.4 Å². The third-order valence-corrected chi connectivity index (χ3v) is 5.80. The van der Waals surface area contributed by atoms with Crippen LogP contribution in [-0.2, 0) is 15.6 Å². The predicted octanol–water partition coefficient (Wildman–Crippen LogP) is 3.42. The van der Waals surface area contributed by atoms with Gasteiger partial charge in [0.15, 0.2) is 15.6 Å². The summed E-state index contributed by atoms with van der Waals surface area (Å²) in [6.07, 6.45) is 1.55. The van der Waals surface area contributed by atoms with E-state index in [0.717, 1.165) is 0 Å². The Balaban J connectivity index is 1.73. The Kier molecular flexibility index (Phi) is 6.48. The number of sulfone groups is 1. The van der Waals surface area contributed by atoms with E-state index in [0.29, 0.717) is 12.2 Å². The number of rotatable bonds is 8. The molecule has 3 aromatic rings. The van der Waals surface area contributed by atoms with Crippen LogP contribution in [-0.4, -0.2) is 26.8 Å². The highest BCUT2D eigenvalue weighted by Gasteiger charge is 2.20. The van der Waals surface area contributed by atoms with Gasteiger partial charge in [-0.1, -0.05) is 36.4 Å². The van der Waals surface area contributed by atoms with Crippen LogP contribution >= 0.6 is 0 Å². The first-order valence-electron chi connectivity index (χ1n) is 9.06. The SMILES string of the molecule is C=CCNC(=O)c1ccccc1NC(=O)c1ccc(CS(=O)(=O)c2ccccc2)o1. The van der Waals surface area contributed by atoms with Gasteiger partial charge in [0.1, 0.15) is 11.5 Å². The van der Waals surface area contributed by atoms with Gasteiger partial charge in [-0.2, -0.15) is 0 Å². The third kappa shape index (κ3) is 5.03. The molecular weight excluding hydrogens is 404 g/mol. The molecule has 7 nitrogen and oxygen atoms in total. The standard InChI is InChI=1S/C22H20N2O5S/c1-2-14-23-21(25)18-10-6-7-11-19(18)24-22(26)20-13-12-16(29-20)15-30(27,28)17-8-4-3-5-9-17/h2-13H,1,14-15H2,(H,23,25)(H,24,26). The summed E-state index contributed by atoms with van der Waals surface area (Å²) in [6.45, 7) is 3.83. The molecule has 2 N–H and O–H groups in total. The van der Waals surface area contributed by atoms with E-state index in [9.17, 15) is 18.0 Å². The lowest BCUT2D eigenvalue weighted by Gasteiger charge is -2.10. The number of hydrogen-bond acceptors (Lipinski definition) is 5. The van der Waals surface area contributed by atoms with Crippen molar-refractivity contribution in [2.75, 3.05) is 11.9 Å². The number of furan rings is 1. The van der Waals surface area contributed by atoms with E-state index in [4.69, 9.17) is 4.42 Å². The van der Waals surface area contributed by atoms with Crippen molar-refractivity contribution in [2.45, 2.75) is 10.6 Å². The van der Waals surface area contributed by atoms with Crippen molar-refractivity contribution in [1.29, 1.82) is 0 Å². The van der Waals surface area contributed by atoms with E-state index in [1.807, 2.05) is 0 Å². The van der Waals surface area contributed by atoms with Gasteiger partial charge < -0.3 is 15.1 Å². The van der Waals surface area contributed by atoms with Gasteiger partial charge in [-0.05, 0) is 36.4 Å². The van der Waals surface area contributed by atoms with Gasteiger partial charge in [0.25, 0.3) is 11.8 Å². The van der Waals surface area contributed by atoms with E-state index in [1.165, 1.54) is 24.3 Å². The predicted molar refractivity (Wildman–Crippen MR) is 113 cm³/mol. The zero-order chi connectivity index (χ0) is 21.6. The molecule has 0 aliphatic carbocycles. The van der Waals surface area contributed by atoms with Gasteiger partial charge in [-0.3, -0.25) is 9.59 Å². The summed E-state index contributed by atoms with van der Waals surface area (Å²) in [6, 6.07) is 17.4. The number of carbonyl (C=O) groups excluding carboxylic acids is 2. The van der Waals surface area contributed by atoms with Crippen molar-refractivity contribution in [3.63, 3.8) is 0 Å². The van der Waals surface area contributed by atoms with Crippen LogP contribution in [0.2, 0.25) is 0 Å². The fraction of sp³-hybridized carbons (Fsp3) is 0.0909. The first-order chi connectivity index (χ1) is 14.4. The van der Waals surface area contributed by atoms with Crippen LogP contribution in [0, 0.1) is 0 Å². The van der Waals surface area contributed by atoms with Crippen molar-refractivity contribution in [3.8, 4) is 0 Å². The molecule has 154 valence electrons. The summed E-state index contributed by atoms with van der Waals surface area (Å²) in [7, 11) is -3.60. The molecular formula is C22H20N2O5S. The second-order valence-electron chi connectivity index (χ2n) is 6.34. The lowest BCUT2D eigenvalue weighted by atomic mass is 10.1. The topological polar surface area (TPSA) is 105 Å². The monoisotopic (exact) mass is 424 g/mol. The smallest absolute Gasteiger partial charge is 0.291 e. The van der Waals surface area contributed by atoms with E-state index >= 15 is 0 Å². The highest BCUT2D eigenvalue weighted by atomic mass is 32.2. The maximum Gasteiger partial charge on any atom is 0.291 e. The Morgan fingerprint density at radius 3 is 2.37 bits per heavy atom. The molecule has 0 aliphatic heterocycles. The number of amides is 2. The van der Waals surface area contributed by atoms with Crippen LogP contribution in [0.15, 0.2) is 88.7 Å². The van der Waals surface area contributed by atoms with Gasteiger partial charge in [0, 0.05) is 6.54 Å². The molecule has 0 saturated carbocycles. The average molecular weight is 424 g/mol. The number of nitrogens with one attached hydrogen (secondary N) is 2. The minimum Gasteiger partial charge on any atom is -0.455 e. The number of carbonyl (C=O) groups is 2. The summed E-state index contributed by atoms with van der Waals surface area (Å²) in [5.74, 6) is -1.25. The van der Waals surface area contributed by atoms with E-state index in [1.54, 1.807) is 48.5 Å². The fourth-order valence-corrected chi connectivity index (χ4v) is 3.98. The van der Waals surface area contributed by atoms with Gasteiger partial charge in [-0.25, -0.2) is 8.42 Å². The van der Waals surface area contributed by atoms with E-state index < -0.39 is 15.7 Å². The van der Waals surface area contributed by atoms with E-state index in [2.05, 4.69) is 17.2 Å². The minimum atomic E-state index is -3.60. The second kappa shape index (κ2) is 9.23. The highest BCUT2D eigenvalue weighted by molar-refractivity contribution is 7.90. The van der Waals surface area contributed by atoms with Crippen molar-refractivity contribution in [2.24, 2.45) is 0 Å². The van der Waals surface area contributed by atoms with Crippen molar-refractivity contribution in [1.82, 2.24) is 5.32 Å². The Morgan fingerprint density at radius 1 is 0.933 bits per heavy atom. The normalized spacial score (nSPS) is 10.9.